The van der Waals surface area contributed by atoms with E-state index >= 15 is 0 Å². The van der Waals surface area contributed by atoms with Crippen LogP contribution in [0.1, 0.15) is 26.9 Å². The van der Waals surface area contributed by atoms with Crippen LogP contribution in [0.5, 0.6) is 5.75 Å². The second kappa shape index (κ2) is 11.1. The highest BCUT2D eigenvalue weighted by molar-refractivity contribution is 8.16. The number of pyridine rings is 1. The first-order valence-electron chi connectivity index (χ1n) is 10.2. The fourth-order valence-corrected chi connectivity index (χ4v) is 6.02. The molecule has 0 spiro atoms. The zero-order valence-electron chi connectivity index (χ0n) is 17.3. The number of carbonyl (C=O) groups is 2. The molecule has 32 heavy (non-hydrogen) atoms. The summed E-state index contributed by atoms with van der Waals surface area (Å²) < 4.78 is 6.10. The van der Waals surface area contributed by atoms with Crippen molar-refractivity contribution in [3.8, 4) is 5.75 Å². The second-order valence-corrected chi connectivity index (χ2v) is 9.83. The highest BCUT2D eigenvalue weighted by atomic mass is 32.2. The van der Waals surface area contributed by atoms with E-state index in [1.165, 1.54) is 23.5 Å². The maximum atomic E-state index is 12.4. The monoisotopic (exact) mass is 465 g/mol. The van der Waals surface area contributed by atoms with Crippen LogP contribution in [0.2, 0.25) is 0 Å². The lowest BCUT2D eigenvalue weighted by Crippen LogP contribution is -2.20. The largest absolute Gasteiger partial charge is 0.484 e. The summed E-state index contributed by atoms with van der Waals surface area (Å²) in [4.78, 5) is 28.7. The Labute approximate surface area is 195 Å². The summed E-state index contributed by atoms with van der Waals surface area (Å²) in [7, 11) is 0. The third-order valence-electron chi connectivity index (χ3n) is 4.70. The van der Waals surface area contributed by atoms with Crippen molar-refractivity contribution in [3.05, 3.63) is 84.2 Å². The van der Waals surface area contributed by atoms with Gasteiger partial charge in [0.2, 0.25) is 0 Å². The maximum Gasteiger partial charge on any atom is 0.262 e. The highest BCUT2D eigenvalue weighted by Crippen LogP contribution is 2.43. The minimum absolute atomic E-state index is 0.111. The summed E-state index contributed by atoms with van der Waals surface area (Å²) in [5.41, 5.74) is 2.90. The van der Waals surface area contributed by atoms with Crippen molar-refractivity contribution in [2.75, 3.05) is 28.7 Å². The molecule has 164 valence electrons. The van der Waals surface area contributed by atoms with Gasteiger partial charge in [-0.25, -0.2) is 0 Å². The molecular weight excluding hydrogens is 442 g/mol. The SMILES string of the molecule is O=C(COc1ccc(C2SCCCS2)cc1)Nc1cccc(C(=O)Nc2ccncc2)c1. The third-order valence-corrected chi connectivity index (χ3v) is 7.71. The fraction of sp³-hybridized carbons (Fsp3) is 0.208. The van der Waals surface area contributed by atoms with Crippen LogP contribution < -0.4 is 15.4 Å². The minimum atomic E-state index is -0.292. The molecule has 2 heterocycles. The van der Waals surface area contributed by atoms with Gasteiger partial charge < -0.3 is 15.4 Å². The minimum Gasteiger partial charge on any atom is -0.484 e. The number of amides is 2. The Morgan fingerprint density at radius 3 is 2.44 bits per heavy atom. The van der Waals surface area contributed by atoms with Crippen molar-refractivity contribution in [2.24, 2.45) is 0 Å². The van der Waals surface area contributed by atoms with Gasteiger partial charge in [0, 0.05) is 29.3 Å². The summed E-state index contributed by atoms with van der Waals surface area (Å²) in [6.45, 7) is -0.111. The van der Waals surface area contributed by atoms with Crippen LogP contribution in [-0.4, -0.2) is 34.9 Å². The fourth-order valence-electron chi connectivity index (χ4n) is 3.12. The lowest BCUT2D eigenvalue weighted by Gasteiger charge is -2.21. The summed E-state index contributed by atoms with van der Waals surface area (Å²) in [6, 6.07) is 18.1. The molecule has 3 aromatic rings. The van der Waals surface area contributed by atoms with E-state index < -0.39 is 0 Å². The van der Waals surface area contributed by atoms with Crippen molar-refractivity contribution >= 4 is 46.7 Å². The standard InChI is InChI=1S/C24H23N3O3S2/c28-22(16-30-21-7-5-17(6-8-21)24-31-13-2-14-32-24)26-20-4-1-3-18(15-20)23(29)27-19-9-11-25-12-10-19/h1,3-12,15,24H,2,13-14,16H2,(H,26,28)(H,25,27,29). The average molecular weight is 466 g/mol. The van der Waals surface area contributed by atoms with Crippen molar-refractivity contribution < 1.29 is 14.3 Å². The number of hydrogen-bond acceptors (Lipinski definition) is 6. The van der Waals surface area contributed by atoms with Crippen molar-refractivity contribution in [3.63, 3.8) is 0 Å². The topological polar surface area (TPSA) is 80.3 Å². The van der Waals surface area contributed by atoms with Crippen LogP contribution in [0.25, 0.3) is 0 Å². The Balaban J connectivity index is 1.28. The first-order valence-corrected chi connectivity index (χ1v) is 12.3. The van der Waals surface area contributed by atoms with Gasteiger partial charge in [-0.15, -0.1) is 23.5 Å². The Bertz CT molecular complexity index is 1060. The summed E-state index contributed by atoms with van der Waals surface area (Å²) >= 11 is 3.94. The van der Waals surface area contributed by atoms with Gasteiger partial charge in [-0.1, -0.05) is 18.2 Å². The number of anilines is 2. The van der Waals surface area contributed by atoms with Crippen molar-refractivity contribution in [1.82, 2.24) is 4.98 Å². The Kier molecular flexibility index (Phi) is 7.68. The van der Waals surface area contributed by atoms with E-state index in [9.17, 15) is 9.59 Å². The zero-order chi connectivity index (χ0) is 22.2. The number of ether oxygens (including phenoxy) is 1. The lowest BCUT2D eigenvalue weighted by atomic mass is 10.2. The van der Waals surface area contributed by atoms with Crippen molar-refractivity contribution in [2.45, 2.75) is 11.0 Å². The predicted molar refractivity (Wildman–Crippen MR) is 131 cm³/mol. The molecule has 0 atom stereocenters. The van der Waals surface area contributed by atoms with Crippen LogP contribution in [0, 0.1) is 0 Å². The van der Waals surface area contributed by atoms with Gasteiger partial charge in [0.1, 0.15) is 5.75 Å². The molecule has 1 saturated heterocycles. The van der Waals surface area contributed by atoms with E-state index in [0.717, 1.165) is 0 Å². The van der Waals surface area contributed by atoms with Crippen LogP contribution in [-0.2, 0) is 4.79 Å². The number of rotatable bonds is 7. The molecule has 6 nitrogen and oxygen atoms in total. The Morgan fingerprint density at radius 2 is 1.69 bits per heavy atom. The second-order valence-electron chi connectivity index (χ2n) is 7.10. The van der Waals surface area contributed by atoms with E-state index in [1.54, 1.807) is 48.8 Å². The third kappa shape index (κ3) is 6.27. The van der Waals surface area contributed by atoms with Gasteiger partial charge >= 0.3 is 0 Å². The van der Waals surface area contributed by atoms with Crippen LogP contribution in [0.4, 0.5) is 11.4 Å². The molecule has 8 heteroatoms. The number of carbonyl (C=O) groups excluding carboxylic acids is 2. The molecule has 0 saturated carbocycles. The number of nitrogens with one attached hydrogen (secondary N) is 2. The van der Waals surface area contributed by atoms with Gasteiger partial charge in [-0.3, -0.25) is 14.6 Å². The molecule has 0 radical (unpaired) electrons. The number of nitrogens with zero attached hydrogens (tertiary/aromatic N) is 1. The number of aromatic nitrogens is 1. The molecule has 4 rings (SSSR count). The molecule has 0 unspecified atom stereocenters. The number of hydrogen-bond donors (Lipinski definition) is 2. The van der Waals surface area contributed by atoms with Gasteiger partial charge in [0.25, 0.3) is 11.8 Å². The summed E-state index contributed by atoms with van der Waals surface area (Å²) in [6.07, 6.45) is 4.47. The highest BCUT2D eigenvalue weighted by Gasteiger charge is 2.16. The molecule has 2 N–H and O–H groups in total. The van der Waals surface area contributed by atoms with E-state index in [0.29, 0.717) is 27.3 Å². The lowest BCUT2D eigenvalue weighted by molar-refractivity contribution is -0.118. The van der Waals surface area contributed by atoms with Crippen molar-refractivity contribution in [1.29, 1.82) is 0 Å². The first kappa shape index (κ1) is 22.2. The molecule has 2 aromatic carbocycles. The Hall–Kier alpha value is -2.97. The quantitative estimate of drug-likeness (QED) is 0.498. The van der Waals surface area contributed by atoms with Gasteiger partial charge in [-0.05, 0) is 66.0 Å². The number of thioether (sulfide) groups is 2. The van der Waals surface area contributed by atoms with E-state index in [2.05, 4.69) is 27.8 Å². The average Bonchev–Trinajstić information content (AvgIpc) is 2.84. The normalized spacial score (nSPS) is 13.9. The van der Waals surface area contributed by atoms with Gasteiger partial charge in [0.05, 0.1) is 4.58 Å². The van der Waals surface area contributed by atoms with Gasteiger partial charge in [-0.2, -0.15) is 0 Å². The van der Waals surface area contributed by atoms with Crippen LogP contribution >= 0.6 is 23.5 Å². The first-order chi connectivity index (χ1) is 15.7. The van der Waals surface area contributed by atoms with Crippen LogP contribution in [0.15, 0.2) is 73.1 Å². The van der Waals surface area contributed by atoms with E-state index in [4.69, 9.17) is 4.74 Å². The summed E-state index contributed by atoms with van der Waals surface area (Å²) in [5.74, 6) is 2.49. The molecule has 1 aliphatic heterocycles. The smallest absolute Gasteiger partial charge is 0.262 e. The molecule has 1 aromatic heterocycles. The Morgan fingerprint density at radius 1 is 0.938 bits per heavy atom. The van der Waals surface area contributed by atoms with E-state index in [-0.39, 0.29) is 18.4 Å². The molecule has 0 aliphatic carbocycles. The van der Waals surface area contributed by atoms with E-state index in [1.807, 2.05) is 35.7 Å². The molecule has 0 bridgehead atoms. The van der Waals surface area contributed by atoms with Crippen LogP contribution in [0.3, 0.4) is 0 Å². The molecule has 1 aliphatic rings. The predicted octanol–water partition coefficient (Wildman–Crippen LogP) is 5.22. The molecular formula is C24H23N3O3S2. The maximum absolute atomic E-state index is 12.4. The summed E-state index contributed by atoms with van der Waals surface area (Å²) in [5, 5.41) is 5.57. The molecule has 2 amide bonds. The number of benzene rings is 2. The van der Waals surface area contributed by atoms with Gasteiger partial charge in [0.15, 0.2) is 6.61 Å². The zero-order valence-corrected chi connectivity index (χ0v) is 19.0. The molecule has 1 fully saturated rings.